The van der Waals surface area contributed by atoms with E-state index in [4.69, 9.17) is 34.4 Å². The van der Waals surface area contributed by atoms with Gasteiger partial charge in [-0.3, -0.25) is 43.3 Å². The van der Waals surface area contributed by atoms with Gasteiger partial charge in [-0.15, -0.1) is 0 Å². The fraction of sp³-hybridized carbons (Fsp3) is 0.455. The quantitative estimate of drug-likeness (QED) is 0.0132. The monoisotopic (exact) mass is 1110 g/mol. The van der Waals surface area contributed by atoms with Crippen molar-refractivity contribution in [3.05, 3.63) is 102 Å². The number of aromatic nitrogens is 3. The number of primary amides is 1. The largest absolute Gasteiger partial charge is 0.370 e. The Morgan fingerprint density at radius 1 is 0.600 bits per heavy atom. The number of aromatic amines is 2. The highest BCUT2D eigenvalue weighted by Gasteiger charge is 2.33. The maximum Gasteiger partial charge on any atom is 0.243 e. The lowest BCUT2D eigenvalue weighted by molar-refractivity contribution is -0.134. The Labute approximate surface area is 464 Å². The molecule has 3 aromatic carbocycles. The van der Waals surface area contributed by atoms with Gasteiger partial charge in [-0.25, -0.2) is 4.98 Å². The van der Waals surface area contributed by atoms with Crippen LogP contribution in [-0.4, -0.2) is 137 Å². The molecule has 0 aliphatic heterocycles. The van der Waals surface area contributed by atoms with Crippen molar-refractivity contribution in [1.82, 2.24) is 52.2 Å². The summed E-state index contributed by atoms with van der Waals surface area (Å²) in [4.78, 5) is 125. The number of hydrogen-bond donors (Lipinski definition) is 15. The van der Waals surface area contributed by atoms with Crippen molar-refractivity contribution in [3.63, 3.8) is 0 Å². The highest BCUT2D eigenvalue weighted by atomic mass is 16.2. The number of H-pyrrole nitrogens is 2. The van der Waals surface area contributed by atoms with E-state index < -0.39 is 96.1 Å². The molecule has 2 heterocycles. The molecule has 25 nitrogen and oxygen atoms in total. The molecule has 25 heteroatoms. The van der Waals surface area contributed by atoms with E-state index in [9.17, 15) is 38.4 Å². The first-order valence-electron chi connectivity index (χ1n) is 27.0. The molecule has 7 atom stereocenters. The first-order valence-corrected chi connectivity index (χ1v) is 27.0. The Balaban J connectivity index is 1.38. The number of imidazole rings is 1. The molecule has 5 rings (SSSR count). The molecule has 0 spiro atoms. The number of unbranched alkanes of at least 4 members (excludes halogenated alkanes) is 2. The number of guanidine groups is 1. The SMILES string of the molecule is CC(C)[C@H](NC(=O)[C@@H](CCCCN)NC(=O)[C@H](CCCCN)NC(=O)CNC(=O)[C@H](Cc1c[nH]c2ccccc12)NC(=O)[C@H](CCCN=C(N)N)NC(=O)[C@@H](Cc1ccc2ccccc2c1)NC(=O)[C@@H](N)Cc1cnc[nH]1)C(N)=O. The smallest absolute Gasteiger partial charge is 0.243 e. The van der Waals surface area contributed by atoms with Crippen LogP contribution in [0.3, 0.4) is 0 Å². The number of nitrogens with one attached hydrogen (secondary N) is 9. The second kappa shape index (κ2) is 31.8. The maximum absolute atomic E-state index is 14.7. The number of rotatable bonds is 34. The fourth-order valence-corrected chi connectivity index (χ4v) is 9.01. The molecule has 0 fully saturated rings. The van der Waals surface area contributed by atoms with Crippen LogP contribution < -0.4 is 71.6 Å². The number of benzene rings is 3. The zero-order valence-electron chi connectivity index (χ0n) is 45.4. The summed E-state index contributed by atoms with van der Waals surface area (Å²) in [7, 11) is 0. The van der Waals surface area contributed by atoms with Crippen LogP contribution >= 0.6 is 0 Å². The van der Waals surface area contributed by atoms with Crippen molar-refractivity contribution in [2.75, 3.05) is 26.2 Å². The minimum absolute atomic E-state index is 0.00506. The number of carbonyl (C=O) groups excluding carboxylic acids is 8. The molecule has 2 aromatic heterocycles. The van der Waals surface area contributed by atoms with Crippen LogP contribution in [0.4, 0.5) is 0 Å². The van der Waals surface area contributed by atoms with Crippen LogP contribution in [0.25, 0.3) is 21.7 Å². The van der Waals surface area contributed by atoms with Crippen LogP contribution in [-0.2, 0) is 57.6 Å². The van der Waals surface area contributed by atoms with Gasteiger partial charge in [-0.1, -0.05) is 74.5 Å². The normalized spacial score (nSPS) is 13.9. The van der Waals surface area contributed by atoms with E-state index in [1.807, 2.05) is 66.7 Å². The Morgan fingerprint density at radius 2 is 1.18 bits per heavy atom. The first-order chi connectivity index (χ1) is 38.4. The number of carbonyl (C=O) groups is 8. The van der Waals surface area contributed by atoms with Gasteiger partial charge in [0, 0.05) is 54.8 Å². The predicted molar refractivity (Wildman–Crippen MR) is 304 cm³/mol. The van der Waals surface area contributed by atoms with Gasteiger partial charge in [0.05, 0.1) is 18.9 Å². The van der Waals surface area contributed by atoms with E-state index in [-0.39, 0.29) is 63.4 Å². The maximum atomic E-state index is 14.7. The summed E-state index contributed by atoms with van der Waals surface area (Å²) >= 11 is 0. The number of para-hydroxylation sites is 1. The average molecular weight is 1110 g/mol. The van der Waals surface area contributed by atoms with Crippen molar-refractivity contribution in [1.29, 1.82) is 0 Å². The van der Waals surface area contributed by atoms with E-state index in [1.54, 1.807) is 20.0 Å². The number of amides is 8. The Bertz CT molecular complexity index is 2890. The highest BCUT2D eigenvalue weighted by Crippen LogP contribution is 2.21. The summed E-state index contributed by atoms with van der Waals surface area (Å²) in [5, 5.41) is 21.6. The van der Waals surface area contributed by atoms with Crippen LogP contribution in [0.15, 0.2) is 90.4 Å². The third-order valence-corrected chi connectivity index (χ3v) is 13.4. The second-order valence-electron chi connectivity index (χ2n) is 20.1. The standard InChI is InChI=1S/C55H79N17O8/c1-32(2)47(48(59)74)72-53(79)42(17-8-10-22-57)68-51(77)41(16-7-9-21-56)67-46(73)30-65-50(76)45(26-36-28-64-40-15-6-5-14-38(36)40)71-52(78)43(18-11-23-63-55(60)61)69-54(80)44(70-49(75)39(58)27-37-29-62-31-66-37)25-33-19-20-34-12-3-4-13-35(34)24-33/h3-6,12-15,19-20,24,28-29,31-32,39,41-45,47,64H,7-11,16-18,21-23,25-27,30,56-58H2,1-2H3,(H2,59,74)(H,62,66)(H,65,76)(H,67,73)(H,68,77)(H,69,80)(H,70,75)(H,71,78)(H,72,79)(H4,60,61,63)/t39-,41-,42+,43-,44+,45-,47-/m0/s1. The zero-order valence-corrected chi connectivity index (χ0v) is 45.4. The lowest BCUT2D eigenvalue weighted by Crippen LogP contribution is -2.59. The number of nitrogens with zero attached hydrogens (tertiary/aromatic N) is 2. The summed E-state index contributed by atoms with van der Waals surface area (Å²) < 4.78 is 0. The third-order valence-electron chi connectivity index (χ3n) is 13.4. The van der Waals surface area contributed by atoms with Crippen molar-refractivity contribution < 1.29 is 38.4 Å². The Kier molecular flexibility index (Phi) is 24.9. The molecule has 0 saturated heterocycles. The van der Waals surface area contributed by atoms with Gasteiger partial charge in [0.15, 0.2) is 5.96 Å². The molecule has 8 amide bonds. The van der Waals surface area contributed by atoms with Gasteiger partial charge < -0.3 is 81.6 Å². The summed E-state index contributed by atoms with van der Waals surface area (Å²) in [6.45, 7) is 3.51. The van der Waals surface area contributed by atoms with Crippen molar-refractivity contribution in [3.8, 4) is 0 Å². The summed E-state index contributed by atoms with van der Waals surface area (Å²) in [6, 6.07) is 12.3. The van der Waals surface area contributed by atoms with E-state index in [0.29, 0.717) is 55.6 Å². The van der Waals surface area contributed by atoms with Gasteiger partial charge in [-0.05, 0) is 98.3 Å². The van der Waals surface area contributed by atoms with Crippen molar-refractivity contribution >= 4 is 74.9 Å². The average Bonchev–Trinajstić information content (AvgIpc) is 4.15. The third kappa shape index (κ3) is 19.8. The van der Waals surface area contributed by atoms with E-state index in [1.165, 1.54) is 12.5 Å². The summed E-state index contributed by atoms with van der Waals surface area (Å²) in [5.41, 5.74) is 37.3. The van der Waals surface area contributed by atoms with E-state index >= 15 is 0 Å². The lowest BCUT2D eigenvalue weighted by atomic mass is 9.99. The van der Waals surface area contributed by atoms with Crippen LogP contribution in [0, 0.1) is 5.92 Å². The molecule has 432 valence electrons. The highest BCUT2D eigenvalue weighted by molar-refractivity contribution is 5.98. The molecule has 21 N–H and O–H groups in total. The molecule has 0 aliphatic carbocycles. The molecule has 80 heavy (non-hydrogen) atoms. The van der Waals surface area contributed by atoms with Gasteiger partial charge in [0.25, 0.3) is 0 Å². The molecular weight excluding hydrogens is 1030 g/mol. The van der Waals surface area contributed by atoms with Crippen molar-refractivity contribution in [2.24, 2.45) is 45.3 Å². The van der Waals surface area contributed by atoms with Gasteiger partial charge in [-0.2, -0.15) is 0 Å². The first kappa shape index (κ1) is 62.4. The number of hydrogen-bond acceptors (Lipinski definition) is 13. The van der Waals surface area contributed by atoms with Gasteiger partial charge in [0.1, 0.15) is 36.3 Å². The minimum atomic E-state index is -1.35. The molecule has 0 unspecified atom stereocenters. The van der Waals surface area contributed by atoms with Gasteiger partial charge in [0.2, 0.25) is 47.3 Å². The van der Waals surface area contributed by atoms with Crippen LogP contribution in [0.1, 0.15) is 82.0 Å². The topological polar surface area (TPSA) is 434 Å². The van der Waals surface area contributed by atoms with E-state index in [2.05, 4.69) is 57.2 Å². The number of aliphatic imine (C=N–C) groups is 1. The molecule has 5 aromatic rings. The second-order valence-corrected chi connectivity index (χ2v) is 20.1. The summed E-state index contributed by atoms with van der Waals surface area (Å²) in [5.74, 6) is -6.30. The molecule has 0 bridgehead atoms. The lowest BCUT2D eigenvalue weighted by Gasteiger charge is -2.26. The molecule has 0 saturated carbocycles. The number of fused-ring (bicyclic) bond motifs is 2. The van der Waals surface area contributed by atoms with Crippen LogP contribution in [0.5, 0.6) is 0 Å². The minimum Gasteiger partial charge on any atom is -0.370 e. The predicted octanol–water partition coefficient (Wildman–Crippen LogP) is -1.12. The zero-order chi connectivity index (χ0) is 58.1. The molecule has 0 radical (unpaired) electrons. The Morgan fingerprint density at radius 3 is 1.80 bits per heavy atom. The Hall–Kier alpha value is -8.42. The van der Waals surface area contributed by atoms with E-state index in [0.717, 1.165) is 21.7 Å². The number of nitrogens with two attached hydrogens (primary N) is 6. The van der Waals surface area contributed by atoms with Crippen molar-refractivity contribution in [2.45, 2.75) is 127 Å². The fourth-order valence-electron chi connectivity index (χ4n) is 9.01. The summed E-state index contributed by atoms with van der Waals surface area (Å²) in [6.07, 6.45) is 7.09. The molecule has 0 aliphatic rings. The van der Waals surface area contributed by atoms with Gasteiger partial charge >= 0.3 is 0 Å². The molecular formula is C55H79N17O8. The van der Waals surface area contributed by atoms with Crippen LogP contribution in [0.2, 0.25) is 0 Å².